The summed E-state index contributed by atoms with van der Waals surface area (Å²) < 4.78 is 10.7. The maximum Gasteiger partial charge on any atom is 0.282 e. The Morgan fingerprint density at radius 3 is 2.54 bits per heavy atom. The van der Waals surface area contributed by atoms with E-state index in [4.69, 9.17) is 9.47 Å². The molecule has 0 bridgehead atoms. The average molecular weight is 322 g/mol. The van der Waals surface area contributed by atoms with Gasteiger partial charge in [-0.1, -0.05) is 18.2 Å². The summed E-state index contributed by atoms with van der Waals surface area (Å²) in [5.74, 6) is 0.463. The van der Waals surface area contributed by atoms with E-state index in [0.29, 0.717) is 17.2 Å². The number of hydrazine groups is 1. The number of amides is 2. The van der Waals surface area contributed by atoms with Gasteiger partial charge in [0.2, 0.25) is 6.79 Å². The van der Waals surface area contributed by atoms with Crippen LogP contribution < -0.4 is 19.9 Å². The maximum atomic E-state index is 12.6. The molecule has 0 spiro atoms. The molecule has 1 saturated heterocycles. The van der Waals surface area contributed by atoms with Crippen LogP contribution in [0.1, 0.15) is 11.1 Å². The third kappa shape index (κ3) is 2.28. The summed E-state index contributed by atoms with van der Waals surface area (Å²) in [6.07, 6.45) is 1.58. The fraction of sp³-hybridized carbons (Fsp3) is 0.111. The van der Waals surface area contributed by atoms with Crippen LogP contribution in [0.2, 0.25) is 0 Å². The van der Waals surface area contributed by atoms with Crippen molar-refractivity contribution in [1.82, 2.24) is 5.43 Å². The van der Waals surface area contributed by atoms with Crippen molar-refractivity contribution in [3.05, 3.63) is 59.2 Å². The number of rotatable bonds is 2. The largest absolute Gasteiger partial charge is 0.454 e. The molecule has 2 heterocycles. The van der Waals surface area contributed by atoms with Crippen molar-refractivity contribution in [3.63, 3.8) is 0 Å². The molecule has 0 aliphatic carbocycles. The second kappa shape index (κ2) is 5.42. The van der Waals surface area contributed by atoms with Gasteiger partial charge < -0.3 is 9.47 Å². The first-order valence-electron chi connectivity index (χ1n) is 7.46. The van der Waals surface area contributed by atoms with Crippen molar-refractivity contribution in [2.24, 2.45) is 0 Å². The minimum atomic E-state index is -0.430. The highest BCUT2D eigenvalue weighted by Crippen LogP contribution is 2.35. The topological polar surface area (TPSA) is 67.9 Å². The lowest BCUT2D eigenvalue weighted by Gasteiger charge is -2.13. The Morgan fingerprint density at radius 2 is 1.79 bits per heavy atom. The molecule has 2 aliphatic rings. The number of anilines is 1. The highest BCUT2D eigenvalue weighted by molar-refractivity contribution is 6.31. The van der Waals surface area contributed by atoms with E-state index in [1.54, 1.807) is 36.4 Å². The molecule has 2 aromatic carbocycles. The van der Waals surface area contributed by atoms with E-state index in [0.717, 1.165) is 11.1 Å². The van der Waals surface area contributed by atoms with Crippen molar-refractivity contribution in [3.8, 4) is 11.5 Å². The molecular weight excluding hydrogens is 308 g/mol. The molecule has 2 amide bonds. The van der Waals surface area contributed by atoms with E-state index in [1.807, 2.05) is 19.1 Å². The van der Waals surface area contributed by atoms with Gasteiger partial charge in [0.05, 0.1) is 5.69 Å². The Morgan fingerprint density at radius 1 is 1.08 bits per heavy atom. The van der Waals surface area contributed by atoms with E-state index in [-0.39, 0.29) is 18.3 Å². The molecule has 2 aliphatic heterocycles. The molecule has 0 aromatic heterocycles. The normalized spacial score (nSPS) is 17.5. The summed E-state index contributed by atoms with van der Waals surface area (Å²) in [4.78, 5) is 24.8. The molecule has 0 unspecified atom stereocenters. The number of ether oxygens (including phenoxy) is 2. The number of hydrogen-bond acceptors (Lipinski definition) is 4. The van der Waals surface area contributed by atoms with Gasteiger partial charge in [-0.2, -0.15) is 0 Å². The first-order chi connectivity index (χ1) is 11.6. The standard InChI is InChI=1S/C18H14N2O4/c1-11-7-15-16(24-10-23-15)9-12(11)8-14-17(21)19-20(18(14)22)13-5-3-2-4-6-13/h2-9H,10H2,1H3,(H,19,21). The number of nitrogens with zero attached hydrogens (tertiary/aromatic N) is 1. The zero-order valence-electron chi connectivity index (χ0n) is 12.9. The summed E-state index contributed by atoms with van der Waals surface area (Å²) in [6.45, 7) is 2.07. The fourth-order valence-corrected chi connectivity index (χ4v) is 2.69. The van der Waals surface area contributed by atoms with Crippen LogP contribution in [-0.4, -0.2) is 18.6 Å². The molecule has 6 heteroatoms. The molecule has 0 atom stereocenters. The van der Waals surface area contributed by atoms with Crippen LogP contribution in [0, 0.1) is 6.92 Å². The predicted molar refractivity (Wildman–Crippen MR) is 87.3 cm³/mol. The van der Waals surface area contributed by atoms with Gasteiger partial charge in [-0.15, -0.1) is 0 Å². The molecule has 1 fully saturated rings. The van der Waals surface area contributed by atoms with Gasteiger partial charge >= 0.3 is 0 Å². The van der Waals surface area contributed by atoms with Crippen LogP contribution in [0.3, 0.4) is 0 Å². The molecule has 0 saturated carbocycles. The van der Waals surface area contributed by atoms with Crippen LogP contribution >= 0.6 is 0 Å². The van der Waals surface area contributed by atoms with E-state index < -0.39 is 5.91 Å². The highest BCUT2D eigenvalue weighted by atomic mass is 16.7. The first-order valence-corrected chi connectivity index (χ1v) is 7.46. The van der Waals surface area contributed by atoms with E-state index in [1.165, 1.54) is 5.01 Å². The fourth-order valence-electron chi connectivity index (χ4n) is 2.69. The Balaban J connectivity index is 1.71. The number of hydrogen-bond donors (Lipinski definition) is 1. The molecule has 24 heavy (non-hydrogen) atoms. The van der Waals surface area contributed by atoms with Gasteiger partial charge in [0.15, 0.2) is 11.5 Å². The van der Waals surface area contributed by atoms with Crippen molar-refractivity contribution in [1.29, 1.82) is 0 Å². The first kappa shape index (κ1) is 14.3. The number of carbonyl (C=O) groups is 2. The lowest BCUT2D eigenvalue weighted by atomic mass is 10.0. The average Bonchev–Trinajstić information content (AvgIpc) is 3.14. The summed E-state index contributed by atoms with van der Waals surface area (Å²) >= 11 is 0. The third-order valence-corrected chi connectivity index (χ3v) is 3.97. The second-order valence-electron chi connectivity index (χ2n) is 5.54. The van der Waals surface area contributed by atoms with E-state index >= 15 is 0 Å². The van der Waals surface area contributed by atoms with E-state index in [2.05, 4.69) is 5.43 Å². The lowest BCUT2D eigenvalue weighted by Crippen LogP contribution is -2.35. The zero-order chi connectivity index (χ0) is 16.7. The number of carbonyl (C=O) groups excluding carboxylic acids is 2. The van der Waals surface area contributed by atoms with E-state index in [9.17, 15) is 9.59 Å². The molecule has 2 aromatic rings. The van der Waals surface area contributed by atoms with Crippen LogP contribution in [-0.2, 0) is 9.59 Å². The van der Waals surface area contributed by atoms with Gasteiger partial charge in [-0.3, -0.25) is 15.0 Å². The Labute approximate surface area is 138 Å². The van der Waals surface area contributed by atoms with Gasteiger partial charge in [0.1, 0.15) is 5.57 Å². The number of nitrogens with one attached hydrogen (secondary N) is 1. The highest BCUT2D eigenvalue weighted by Gasteiger charge is 2.34. The van der Waals surface area contributed by atoms with Crippen molar-refractivity contribution in [2.75, 3.05) is 11.8 Å². The summed E-state index contributed by atoms with van der Waals surface area (Å²) in [5.41, 5.74) is 4.92. The van der Waals surface area contributed by atoms with Gasteiger partial charge in [0, 0.05) is 0 Å². The molecular formula is C18H14N2O4. The molecule has 120 valence electrons. The van der Waals surface area contributed by atoms with Crippen molar-refractivity contribution in [2.45, 2.75) is 6.92 Å². The SMILES string of the molecule is Cc1cc2c(cc1C=C1C(=O)NN(c3ccccc3)C1=O)OCO2. The van der Waals surface area contributed by atoms with Gasteiger partial charge in [-0.25, -0.2) is 5.01 Å². The quantitative estimate of drug-likeness (QED) is 0.680. The molecule has 4 rings (SSSR count). The monoisotopic (exact) mass is 322 g/mol. The summed E-state index contributed by atoms with van der Waals surface area (Å²) in [6, 6.07) is 12.6. The Kier molecular flexibility index (Phi) is 3.23. The maximum absolute atomic E-state index is 12.6. The number of para-hydroxylation sites is 1. The van der Waals surface area contributed by atoms with Crippen molar-refractivity contribution < 1.29 is 19.1 Å². The van der Waals surface area contributed by atoms with Crippen LogP contribution in [0.25, 0.3) is 6.08 Å². The van der Waals surface area contributed by atoms with Crippen LogP contribution in [0.15, 0.2) is 48.0 Å². The minimum absolute atomic E-state index is 0.0841. The number of fused-ring (bicyclic) bond motifs is 1. The number of benzene rings is 2. The predicted octanol–water partition coefficient (Wildman–Crippen LogP) is 2.19. The summed E-state index contributed by atoms with van der Waals surface area (Å²) in [5, 5.41) is 1.25. The van der Waals surface area contributed by atoms with Crippen LogP contribution in [0.4, 0.5) is 5.69 Å². The zero-order valence-corrected chi connectivity index (χ0v) is 12.9. The minimum Gasteiger partial charge on any atom is -0.454 e. The second-order valence-corrected chi connectivity index (χ2v) is 5.54. The molecule has 0 radical (unpaired) electrons. The Hall–Kier alpha value is -3.28. The third-order valence-electron chi connectivity index (χ3n) is 3.97. The van der Waals surface area contributed by atoms with Gasteiger partial charge in [-0.05, 0) is 48.4 Å². The molecule has 1 N–H and O–H groups in total. The molecule has 6 nitrogen and oxygen atoms in total. The van der Waals surface area contributed by atoms with Crippen LogP contribution in [0.5, 0.6) is 11.5 Å². The van der Waals surface area contributed by atoms with Gasteiger partial charge in [0.25, 0.3) is 11.8 Å². The lowest BCUT2D eigenvalue weighted by molar-refractivity contribution is -0.117. The smallest absolute Gasteiger partial charge is 0.282 e. The van der Waals surface area contributed by atoms with Crippen molar-refractivity contribution >= 4 is 23.6 Å². The Bertz CT molecular complexity index is 874. The number of aryl methyl sites for hydroxylation is 1. The summed E-state index contributed by atoms with van der Waals surface area (Å²) in [7, 11) is 0.